The first-order valence-electron chi connectivity index (χ1n) is 4.94. The maximum atomic E-state index is 10.8. The van der Waals surface area contributed by atoms with Crippen LogP contribution >= 0.6 is 0 Å². The Morgan fingerprint density at radius 1 is 0.929 bits per heavy atom. The molecule has 0 aromatic heterocycles. The van der Waals surface area contributed by atoms with Crippen molar-refractivity contribution < 1.29 is 9.59 Å². The van der Waals surface area contributed by atoms with E-state index in [4.69, 9.17) is 0 Å². The van der Waals surface area contributed by atoms with Crippen LogP contribution in [-0.2, 0) is 9.59 Å². The van der Waals surface area contributed by atoms with Gasteiger partial charge in [0.2, 0.25) is 11.8 Å². The summed E-state index contributed by atoms with van der Waals surface area (Å²) in [7, 11) is 0. The molecule has 0 heterocycles. The molecule has 0 radical (unpaired) electrons. The molecule has 5 heteroatoms. The lowest BCUT2D eigenvalue weighted by Gasteiger charge is -2.06. The Morgan fingerprint density at radius 2 is 1.50 bits per heavy atom. The lowest BCUT2D eigenvalue weighted by atomic mass is 10.4. The zero-order valence-corrected chi connectivity index (χ0v) is 8.85. The average molecular weight is 201 g/mol. The molecule has 0 atom stereocenters. The molecule has 0 fully saturated rings. The number of carbonyl (C=O) groups excluding carboxylic acids is 2. The van der Waals surface area contributed by atoms with Crippen molar-refractivity contribution in [3.8, 4) is 0 Å². The second kappa shape index (κ2) is 8.50. The fraction of sp³-hybridized carbons (Fsp3) is 0.778. The molecule has 0 saturated carbocycles. The van der Waals surface area contributed by atoms with E-state index in [9.17, 15) is 9.59 Å². The van der Waals surface area contributed by atoms with Gasteiger partial charge in [-0.25, -0.2) is 0 Å². The van der Waals surface area contributed by atoms with E-state index in [0.29, 0.717) is 32.6 Å². The van der Waals surface area contributed by atoms with Gasteiger partial charge in [-0.2, -0.15) is 0 Å². The Bertz CT molecular complexity index is 163. The summed E-state index contributed by atoms with van der Waals surface area (Å²) in [5.41, 5.74) is 0. The number of amides is 2. The van der Waals surface area contributed by atoms with Crippen LogP contribution in [0.1, 0.15) is 26.7 Å². The highest BCUT2D eigenvalue weighted by atomic mass is 16.2. The minimum absolute atomic E-state index is 0.0232. The molecule has 0 rings (SSSR count). The lowest BCUT2D eigenvalue weighted by molar-refractivity contribution is -0.121. The van der Waals surface area contributed by atoms with Gasteiger partial charge in [0.1, 0.15) is 0 Å². The Morgan fingerprint density at radius 3 is 2.07 bits per heavy atom. The molecule has 0 aromatic carbocycles. The number of rotatable bonds is 7. The summed E-state index contributed by atoms with van der Waals surface area (Å²) in [6, 6.07) is 0. The van der Waals surface area contributed by atoms with Crippen molar-refractivity contribution >= 4 is 11.8 Å². The van der Waals surface area contributed by atoms with Gasteiger partial charge in [-0.1, -0.05) is 13.8 Å². The molecule has 3 N–H and O–H groups in total. The smallest absolute Gasteiger partial charge is 0.220 e. The molecule has 14 heavy (non-hydrogen) atoms. The molecule has 0 spiro atoms. The summed E-state index contributed by atoms with van der Waals surface area (Å²) in [6.07, 6.45) is 1.00. The third kappa shape index (κ3) is 7.54. The van der Waals surface area contributed by atoms with Crippen LogP contribution in [0.25, 0.3) is 0 Å². The van der Waals surface area contributed by atoms with Crippen LogP contribution < -0.4 is 16.0 Å². The molecular formula is C9H19N3O2. The third-order valence-corrected chi connectivity index (χ3v) is 1.68. The van der Waals surface area contributed by atoms with Gasteiger partial charge in [0.25, 0.3) is 0 Å². The maximum Gasteiger partial charge on any atom is 0.220 e. The van der Waals surface area contributed by atoms with Gasteiger partial charge in [-0.15, -0.1) is 0 Å². The molecular weight excluding hydrogens is 182 g/mol. The summed E-state index contributed by atoms with van der Waals surface area (Å²) < 4.78 is 0. The van der Waals surface area contributed by atoms with Crippen molar-refractivity contribution in [3.63, 3.8) is 0 Å². The summed E-state index contributed by atoms with van der Waals surface area (Å²) in [5, 5.41) is 8.38. The number of nitrogens with one attached hydrogen (secondary N) is 3. The molecule has 82 valence electrons. The highest BCUT2D eigenvalue weighted by molar-refractivity contribution is 5.75. The van der Waals surface area contributed by atoms with Crippen molar-refractivity contribution in [2.45, 2.75) is 26.7 Å². The van der Waals surface area contributed by atoms with E-state index in [-0.39, 0.29) is 11.8 Å². The minimum atomic E-state index is 0.0232. The summed E-state index contributed by atoms with van der Waals surface area (Å²) in [6.45, 7) is 5.32. The molecule has 0 unspecified atom stereocenters. The summed E-state index contributed by atoms with van der Waals surface area (Å²) in [5.74, 6) is 0.0690. The standard InChI is InChI=1S/C9H19N3O2/c1-3-8(13)11-6-5-10-7-12-9(14)4-2/h10H,3-7H2,1-2H3,(H,11,13)(H,12,14). The van der Waals surface area contributed by atoms with E-state index >= 15 is 0 Å². The van der Waals surface area contributed by atoms with Crippen LogP contribution in [0.15, 0.2) is 0 Å². The number of hydrogen-bond donors (Lipinski definition) is 3. The minimum Gasteiger partial charge on any atom is -0.355 e. The fourth-order valence-electron chi connectivity index (χ4n) is 0.790. The summed E-state index contributed by atoms with van der Waals surface area (Å²) in [4.78, 5) is 21.6. The predicted octanol–water partition coefficient (Wildman–Crippen LogP) is -0.414. The van der Waals surface area contributed by atoms with Crippen LogP contribution in [-0.4, -0.2) is 31.6 Å². The molecule has 0 aliphatic heterocycles. The van der Waals surface area contributed by atoms with Gasteiger partial charge in [-0.3, -0.25) is 14.9 Å². The van der Waals surface area contributed by atoms with Crippen LogP contribution in [0.2, 0.25) is 0 Å². The fourth-order valence-corrected chi connectivity index (χ4v) is 0.790. The predicted molar refractivity (Wildman–Crippen MR) is 54.6 cm³/mol. The first-order chi connectivity index (χ1) is 6.70. The van der Waals surface area contributed by atoms with Crippen molar-refractivity contribution in [3.05, 3.63) is 0 Å². The number of hydrogen-bond acceptors (Lipinski definition) is 3. The lowest BCUT2D eigenvalue weighted by Crippen LogP contribution is -2.38. The molecule has 0 bridgehead atoms. The molecule has 5 nitrogen and oxygen atoms in total. The molecule has 0 aliphatic carbocycles. The second-order valence-electron chi connectivity index (χ2n) is 2.83. The van der Waals surface area contributed by atoms with Crippen molar-refractivity contribution in [2.75, 3.05) is 19.8 Å². The Kier molecular flexibility index (Phi) is 7.83. The summed E-state index contributed by atoms with van der Waals surface area (Å²) >= 11 is 0. The Labute approximate surface area is 84.6 Å². The van der Waals surface area contributed by atoms with Crippen LogP contribution in [0.3, 0.4) is 0 Å². The van der Waals surface area contributed by atoms with E-state index < -0.39 is 0 Å². The van der Waals surface area contributed by atoms with E-state index in [1.54, 1.807) is 6.92 Å². The van der Waals surface area contributed by atoms with Gasteiger partial charge < -0.3 is 10.6 Å². The SMILES string of the molecule is CCC(=O)NCCNCNC(=O)CC. The third-order valence-electron chi connectivity index (χ3n) is 1.68. The average Bonchev–Trinajstić information content (AvgIpc) is 2.22. The van der Waals surface area contributed by atoms with Crippen LogP contribution in [0.4, 0.5) is 0 Å². The first kappa shape index (κ1) is 12.9. The quantitative estimate of drug-likeness (QED) is 0.387. The van der Waals surface area contributed by atoms with Crippen molar-refractivity contribution in [1.29, 1.82) is 0 Å². The molecule has 0 saturated heterocycles. The zero-order valence-electron chi connectivity index (χ0n) is 8.85. The largest absolute Gasteiger partial charge is 0.355 e. The molecule has 0 aromatic rings. The normalized spacial score (nSPS) is 9.57. The first-order valence-corrected chi connectivity index (χ1v) is 4.94. The van der Waals surface area contributed by atoms with Gasteiger partial charge in [0.05, 0.1) is 6.67 Å². The van der Waals surface area contributed by atoms with Crippen LogP contribution in [0.5, 0.6) is 0 Å². The highest BCUT2D eigenvalue weighted by Gasteiger charge is 1.95. The Hall–Kier alpha value is -1.10. The van der Waals surface area contributed by atoms with E-state index in [1.165, 1.54) is 0 Å². The molecule has 2 amide bonds. The van der Waals surface area contributed by atoms with Gasteiger partial charge in [0, 0.05) is 25.9 Å². The second-order valence-corrected chi connectivity index (χ2v) is 2.83. The van der Waals surface area contributed by atoms with E-state index in [1.807, 2.05) is 6.92 Å². The highest BCUT2D eigenvalue weighted by Crippen LogP contribution is 1.73. The van der Waals surface area contributed by atoms with E-state index in [2.05, 4.69) is 16.0 Å². The van der Waals surface area contributed by atoms with E-state index in [0.717, 1.165) is 0 Å². The van der Waals surface area contributed by atoms with Crippen molar-refractivity contribution in [1.82, 2.24) is 16.0 Å². The number of carbonyl (C=O) groups is 2. The zero-order chi connectivity index (χ0) is 10.8. The molecule has 0 aliphatic rings. The van der Waals surface area contributed by atoms with Crippen molar-refractivity contribution in [2.24, 2.45) is 0 Å². The van der Waals surface area contributed by atoms with Crippen LogP contribution in [0, 0.1) is 0 Å². The van der Waals surface area contributed by atoms with Gasteiger partial charge >= 0.3 is 0 Å². The topological polar surface area (TPSA) is 70.2 Å². The Balaban J connectivity index is 3.14. The monoisotopic (exact) mass is 201 g/mol. The maximum absolute atomic E-state index is 10.8. The van der Waals surface area contributed by atoms with Gasteiger partial charge in [-0.05, 0) is 0 Å². The van der Waals surface area contributed by atoms with Gasteiger partial charge in [0.15, 0.2) is 0 Å².